The zero-order valence-electron chi connectivity index (χ0n) is 12.3. The second-order valence-electron chi connectivity index (χ2n) is 5.37. The maximum Gasteiger partial charge on any atom is 0.310 e. The molecule has 10 heteroatoms. The molecule has 0 bridgehead atoms. The first kappa shape index (κ1) is 17.2. The van der Waals surface area contributed by atoms with Crippen LogP contribution in [0.3, 0.4) is 0 Å². The van der Waals surface area contributed by atoms with E-state index in [0.29, 0.717) is 23.4 Å². The SMILES string of the molecule is Nc1ccc(-c2cn(-c3ccc(S(F)(F)(F)(F)F)cc3)cn2)cc1F. The number of halogens is 6. The van der Waals surface area contributed by atoms with Crippen molar-refractivity contribution in [1.29, 1.82) is 0 Å². The van der Waals surface area contributed by atoms with Gasteiger partial charge < -0.3 is 10.3 Å². The fraction of sp³-hybridized carbons (Fsp3) is 0. The lowest BCUT2D eigenvalue weighted by molar-refractivity contribution is 0.364. The number of benzene rings is 2. The Balaban J connectivity index is 1.94. The molecule has 0 spiro atoms. The molecule has 0 atom stereocenters. The Kier molecular flexibility index (Phi) is 3.25. The van der Waals surface area contributed by atoms with Gasteiger partial charge in [0.1, 0.15) is 10.7 Å². The third-order valence-corrected chi connectivity index (χ3v) is 4.62. The first-order chi connectivity index (χ1) is 11.3. The van der Waals surface area contributed by atoms with Crippen molar-refractivity contribution in [3.8, 4) is 16.9 Å². The van der Waals surface area contributed by atoms with Crippen molar-refractivity contribution in [2.75, 3.05) is 5.73 Å². The molecule has 2 N–H and O–H groups in total. The van der Waals surface area contributed by atoms with E-state index in [9.17, 15) is 23.8 Å². The fourth-order valence-corrected chi connectivity index (χ4v) is 2.83. The summed E-state index contributed by atoms with van der Waals surface area (Å²) in [5, 5.41) is 0. The van der Waals surface area contributed by atoms with Gasteiger partial charge in [0.25, 0.3) is 0 Å². The van der Waals surface area contributed by atoms with Gasteiger partial charge in [-0.05, 0) is 36.4 Å². The average molecular weight is 379 g/mol. The highest BCUT2D eigenvalue weighted by atomic mass is 32.5. The van der Waals surface area contributed by atoms with E-state index in [0.717, 1.165) is 12.1 Å². The highest BCUT2D eigenvalue weighted by Crippen LogP contribution is 3.02. The first-order valence-corrected chi connectivity index (χ1v) is 8.72. The van der Waals surface area contributed by atoms with E-state index >= 15 is 0 Å². The number of nitrogens with zero attached hydrogens (tertiary/aromatic N) is 2. The molecular formula is C15H11F6N3S. The van der Waals surface area contributed by atoms with Crippen LogP contribution < -0.4 is 5.73 Å². The second-order valence-corrected chi connectivity index (χ2v) is 7.77. The van der Waals surface area contributed by atoms with Gasteiger partial charge in [0.2, 0.25) is 0 Å². The van der Waals surface area contributed by atoms with Crippen molar-refractivity contribution < 1.29 is 23.8 Å². The van der Waals surface area contributed by atoms with Crippen LogP contribution in [0.15, 0.2) is 59.9 Å². The summed E-state index contributed by atoms with van der Waals surface area (Å²) >= 11 is 0. The molecule has 0 saturated heterocycles. The number of hydrogen-bond acceptors (Lipinski definition) is 2. The topological polar surface area (TPSA) is 43.8 Å². The fourth-order valence-electron chi connectivity index (χ4n) is 2.17. The Morgan fingerprint density at radius 2 is 1.56 bits per heavy atom. The average Bonchev–Trinajstić information content (AvgIpc) is 2.98. The number of rotatable bonds is 3. The molecule has 0 amide bonds. The van der Waals surface area contributed by atoms with Crippen LogP contribution in [0.1, 0.15) is 0 Å². The molecule has 1 aromatic heterocycles. The Bertz CT molecular complexity index is 948. The zero-order chi connectivity index (χ0) is 18.5. The van der Waals surface area contributed by atoms with Gasteiger partial charge in [-0.3, -0.25) is 0 Å². The minimum absolute atomic E-state index is 0.0326. The van der Waals surface area contributed by atoms with Crippen molar-refractivity contribution in [3.05, 3.63) is 60.8 Å². The Morgan fingerprint density at radius 3 is 2.12 bits per heavy atom. The van der Waals surface area contributed by atoms with E-state index in [-0.39, 0.29) is 11.4 Å². The van der Waals surface area contributed by atoms with E-state index in [1.807, 2.05) is 0 Å². The third kappa shape index (κ3) is 3.58. The molecule has 134 valence electrons. The molecule has 0 aliphatic carbocycles. The maximum atomic E-state index is 13.5. The van der Waals surface area contributed by atoms with Crippen LogP contribution in [0.25, 0.3) is 16.9 Å². The van der Waals surface area contributed by atoms with Gasteiger partial charge in [0, 0.05) is 17.4 Å². The monoisotopic (exact) mass is 379 g/mol. The quantitative estimate of drug-likeness (QED) is 0.454. The molecule has 0 unspecified atom stereocenters. The maximum absolute atomic E-state index is 13.5. The van der Waals surface area contributed by atoms with Gasteiger partial charge in [0.15, 0.2) is 0 Å². The van der Waals surface area contributed by atoms with Crippen LogP contribution >= 0.6 is 10.2 Å². The van der Waals surface area contributed by atoms with Crippen molar-refractivity contribution >= 4 is 15.9 Å². The molecule has 1 heterocycles. The Hall–Kier alpha value is -2.62. The summed E-state index contributed by atoms with van der Waals surface area (Å²) in [5.41, 5.74) is 6.30. The number of imidazole rings is 1. The molecule has 0 fully saturated rings. The minimum atomic E-state index is -9.70. The molecule has 3 rings (SSSR count). The second kappa shape index (κ2) is 4.72. The Labute approximate surface area is 138 Å². The number of aromatic nitrogens is 2. The summed E-state index contributed by atoms with van der Waals surface area (Å²) in [6.07, 6.45) is 2.71. The Morgan fingerprint density at radius 1 is 0.920 bits per heavy atom. The largest absolute Gasteiger partial charge is 0.396 e. The van der Waals surface area contributed by atoms with E-state index in [2.05, 4.69) is 4.98 Å². The zero-order valence-corrected chi connectivity index (χ0v) is 13.2. The molecular weight excluding hydrogens is 368 g/mol. The van der Waals surface area contributed by atoms with Gasteiger partial charge in [-0.2, -0.15) is 0 Å². The summed E-state index contributed by atoms with van der Waals surface area (Å²) in [5.74, 6) is -0.632. The van der Waals surface area contributed by atoms with E-state index in [1.165, 1.54) is 35.3 Å². The number of anilines is 1. The van der Waals surface area contributed by atoms with Gasteiger partial charge in [-0.15, -0.1) is 0 Å². The van der Waals surface area contributed by atoms with Crippen molar-refractivity contribution in [2.45, 2.75) is 4.90 Å². The molecule has 3 aromatic rings. The van der Waals surface area contributed by atoms with Crippen molar-refractivity contribution in [1.82, 2.24) is 9.55 Å². The van der Waals surface area contributed by atoms with E-state index < -0.39 is 20.9 Å². The molecule has 0 aliphatic rings. The number of hydrogen-bond donors (Lipinski definition) is 1. The standard InChI is InChI=1S/C15H11F6N3S/c16-13-7-10(1-6-14(13)22)15-8-24(9-23-15)11-2-4-12(5-3-11)25(17,18,19,20)21/h1-9H,22H2. The summed E-state index contributed by atoms with van der Waals surface area (Å²) in [6, 6.07) is 6.50. The lowest BCUT2D eigenvalue weighted by atomic mass is 10.1. The van der Waals surface area contributed by atoms with E-state index in [4.69, 9.17) is 5.73 Å². The van der Waals surface area contributed by atoms with Crippen LogP contribution in [0.2, 0.25) is 0 Å². The predicted octanol–water partition coefficient (Wildman–Crippen LogP) is 5.92. The van der Waals surface area contributed by atoms with Crippen LogP contribution in [0.5, 0.6) is 0 Å². The van der Waals surface area contributed by atoms with Gasteiger partial charge >= 0.3 is 10.2 Å². The molecule has 3 nitrogen and oxygen atoms in total. The van der Waals surface area contributed by atoms with Crippen LogP contribution in [-0.2, 0) is 0 Å². The summed E-state index contributed by atoms with van der Waals surface area (Å²) in [4.78, 5) is 2.06. The summed E-state index contributed by atoms with van der Waals surface area (Å²) < 4.78 is 78.4. The van der Waals surface area contributed by atoms with Crippen LogP contribution in [0, 0.1) is 5.82 Å². The van der Waals surface area contributed by atoms with Crippen LogP contribution in [0.4, 0.5) is 29.5 Å². The van der Waals surface area contributed by atoms with E-state index in [1.54, 1.807) is 0 Å². The van der Waals surface area contributed by atoms with Crippen molar-refractivity contribution in [2.24, 2.45) is 0 Å². The number of nitrogen functional groups attached to an aromatic ring is 1. The smallest absolute Gasteiger partial charge is 0.310 e. The highest BCUT2D eigenvalue weighted by molar-refractivity contribution is 8.45. The third-order valence-electron chi connectivity index (χ3n) is 3.46. The number of nitrogens with two attached hydrogens (primary N) is 1. The lowest BCUT2D eigenvalue weighted by Gasteiger charge is -2.40. The predicted molar refractivity (Wildman–Crippen MR) is 84.8 cm³/mol. The summed E-state index contributed by atoms with van der Waals surface area (Å²) in [6.45, 7) is 0. The van der Waals surface area contributed by atoms with Crippen molar-refractivity contribution in [3.63, 3.8) is 0 Å². The summed E-state index contributed by atoms with van der Waals surface area (Å²) in [7, 11) is -9.70. The van der Waals surface area contributed by atoms with Crippen LogP contribution in [-0.4, -0.2) is 9.55 Å². The molecule has 0 aliphatic heterocycles. The molecule has 0 radical (unpaired) electrons. The normalized spacial score (nSPS) is 14.8. The van der Waals surface area contributed by atoms with Gasteiger partial charge in [-0.1, -0.05) is 25.5 Å². The van der Waals surface area contributed by atoms with Gasteiger partial charge in [-0.25, -0.2) is 9.37 Å². The molecule has 25 heavy (non-hydrogen) atoms. The lowest BCUT2D eigenvalue weighted by Crippen LogP contribution is -2.06. The molecule has 0 saturated carbocycles. The molecule has 2 aromatic carbocycles. The highest BCUT2D eigenvalue weighted by Gasteiger charge is 2.65. The van der Waals surface area contributed by atoms with Gasteiger partial charge in [0.05, 0.1) is 17.7 Å². The first-order valence-electron chi connectivity index (χ1n) is 6.77. The minimum Gasteiger partial charge on any atom is -0.396 e.